The average molecular weight is 251 g/mol. The van der Waals surface area contributed by atoms with E-state index in [1.54, 1.807) is 0 Å². The molecule has 0 radical (unpaired) electrons. The molecule has 0 spiro atoms. The quantitative estimate of drug-likeness (QED) is 0.124. The summed E-state index contributed by atoms with van der Waals surface area (Å²) in [6.45, 7) is 5.95. The van der Waals surface area contributed by atoms with Gasteiger partial charge < -0.3 is 0 Å². The molecule has 0 aromatic heterocycles. The highest BCUT2D eigenvalue weighted by atomic mass is 15.1. The van der Waals surface area contributed by atoms with Crippen molar-refractivity contribution in [1.82, 2.24) is 0 Å². The zero-order valence-corrected chi connectivity index (χ0v) is 12.0. The first kappa shape index (κ1) is 17.1. The summed E-state index contributed by atoms with van der Waals surface area (Å²) in [5, 5.41) is 3.79. The summed E-state index contributed by atoms with van der Waals surface area (Å²) in [6.07, 6.45) is 15.7. The lowest BCUT2D eigenvalue weighted by molar-refractivity contribution is 0.524. The van der Waals surface area contributed by atoms with E-state index in [9.17, 15) is 0 Å². The van der Waals surface area contributed by atoms with Crippen molar-refractivity contribution < 1.29 is 0 Å². The van der Waals surface area contributed by atoms with Crippen LogP contribution in [0.25, 0.3) is 10.4 Å². The lowest BCUT2D eigenvalue weighted by Crippen LogP contribution is -2.01. The average Bonchev–Trinajstić information content (AvgIpc) is 2.37. The van der Waals surface area contributed by atoms with E-state index in [2.05, 4.69) is 23.5 Å². The highest BCUT2D eigenvalue weighted by Gasteiger charge is 2.03. The third kappa shape index (κ3) is 11.5. The zero-order chi connectivity index (χ0) is 13.5. The molecule has 0 N–H and O–H groups in total. The monoisotopic (exact) mass is 251 g/mol. The summed E-state index contributed by atoms with van der Waals surface area (Å²) in [7, 11) is 0. The molecule has 18 heavy (non-hydrogen) atoms. The van der Waals surface area contributed by atoms with Crippen LogP contribution in [0.15, 0.2) is 17.8 Å². The van der Waals surface area contributed by atoms with Crippen LogP contribution in [0.1, 0.15) is 77.6 Å². The predicted molar refractivity (Wildman–Crippen MR) is 79.6 cm³/mol. The molecule has 0 aromatic carbocycles. The molecule has 0 fully saturated rings. The van der Waals surface area contributed by atoms with Gasteiger partial charge in [0.15, 0.2) is 0 Å². The van der Waals surface area contributed by atoms with Crippen LogP contribution in [0.5, 0.6) is 0 Å². The van der Waals surface area contributed by atoms with E-state index in [0.29, 0.717) is 0 Å². The van der Waals surface area contributed by atoms with E-state index < -0.39 is 0 Å². The van der Waals surface area contributed by atoms with Gasteiger partial charge in [-0.3, -0.25) is 0 Å². The van der Waals surface area contributed by atoms with Crippen LogP contribution in [-0.4, -0.2) is 6.04 Å². The van der Waals surface area contributed by atoms with Crippen molar-refractivity contribution in [3.8, 4) is 0 Å². The Kier molecular flexibility index (Phi) is 13.4. The standard InChI is InChI=1S/C15H29N3/c1-3-5-6-7-8-9-10-11-12-14-15(13-4-2)17-18-16/h4,15H,2-3,5-14H2,1H3/t15-/m1/s1. The summed E-state index contributed by atoms with van der Waals surface area (Å²) in [5.74, 6) is 0. The minimum Gasteiger partial charge on any atom is -0.103 e. The van der Waals surface area contributed by atoms with Gasteiger partial charge in [-0.15, -0.1) is 6.58 Å². The lowest BCUT2D eigenvalue weighted by Gasteiger charge is -2.07. The van der Waals surface area contributed by atoms with Crippen LogP contribution in [0.3, 0.4) is 0 Å². The molecule has 1 atom stereocenters. The molecule has 0 amide bonds. The third-order valence-corrected chi connectivity index (χ3v) is 3.29. The summed E-state index contributed by atoms with van der Waals surface area (Å²) in [4.78, 5) is 2.89. The molecule has 104 valence electrons. The molecular formula is C15H29N3. The first-order valence-corrected chi connectivity index (χ1v) is 7.50. The van der Waals surface area contributed by atoms with E-state index in [4.69, 9.17) is 5.53 Å². The van der Waals surface area contributed by atoms with Crippen molar-refractivity contribution in [3.05, 3.63) is 23.1 Å². The van der Waals surface area contributed by atoms with Crippen molar-refractivity contribution in [2.75, 3.05) is 0 Å². The van der Waals surface area contributed by atoms with Gasteiger partial charge in [0.25, 0.3) is 0 Å². The summed E-state index contributed by atoms with van der Waals surface area (Å²) >= 11 is 0. The van der Waals surface area contributed by atoms with Crippen LogP contribution in [0.4, 0.5) is 0 Å². The van der Waals surface area contributed by atoms with Crippen molar-refractivity contribution >= 4 is 0 Å². The number of unbranched alkanes of at least 4 members (excludes halogenated alkanes) is 8. The van der Waals surface area contributed by atoms with E-state index in [1.807, 2.05) is 6.08 Å². The SMILES string of the molecule is C=CC[C@H](CCCCCCCCCCC)N=[N+]=[N-]. The number of hydrogen-bond donors (Lipinski definition) is 0. The lowest BCUT2D eigenvalue weighted by atomic mass is 10.0. The van der Waals surface area contributed by atoms with E-state index >= 15 is 0 Å². The van der Waals surface area contributed by atoms with E-state index in [1.165, 1.54) is 57.8 Å². The number of nitrogens with zero attached hydrogens (tertiary/aromatic N) is 3. The van der Waals surface area contributed by atoms with Crippen LogP contribution in [-0.2, 0) is 0 Å². The van der Waals surface area contributed by atoms with Gasteiger partial charge >= 0.3 is 0 Å². The molecule has 3 heteroatoms. The zero-order valence-electron chi connectivity index (χ0n) is 12.0. The highest BCUT2D eigenvalue weighted by Crippen LogP contribution is 2.14. The smallest absolute Gasteiger partial charge is 0.0408 e. The Hall–Kier alpha value is -0.950. The van der Waals surface area contributed by atoms with Gasteiger partial charge in [0, 0.05) is 11.0 Å². The maximum atomic E-state index is 8.43. The highest BCUT2D eigenvalue weighted by molar-refractivity contribution is 4.78. The molecule has 0 saturated carbocycles. The molecule has 0 aliphatic rings. The van der Waals surface area contributed by atoms with Crippen molar-refractivity contribution in [2.45, 2.75) is 83.6 Å². The predicted octanol–water partition coefficient (Wildman–Crippen LogP) is 6.16. The molecule has 0 heterocycles. The van der Waals surface area contributed by atoms with Crippen molar-refractivity contribution in [1.29, 1.82) is 0 Å². The first-order valence-electron chi connectivity index (χ1n) is 7.50. The normalized spacial score (nSPS) is 11.8. The van der Waals surface area contributed by atoms with Crippen LogP contribution < -0.4 is 0 Å². The third-order valence-electron chi connectivity index (χ3n) is 3.29. The van der Waals surface area contributed by atoms with Gasteiger partial charge in [-0.25, -0.2) is 0 Å². The molecule has 0 aromatic rings. The summed E-state index contributed by atoms with van der Waals surface area (Å²) in [5.41, 5.74) is 8.43. The second kappa shape index (κ2) is 14.1. The Balaban J connectivity index is 3.32. The maximum Gasteiger partial charge on any atom is 0.0408 e. The van der Waals surface area contributed by atoms with E-state index in [-0.39, 0.29) is 6.04 Å². The second-order valence-corrected chi connectivity index (χ2v) is 5.00. The topological polar surface area (TPSA) is 48.8 Å². The molecule has 0 unspecified atom stereocenters. The maximum absolute atomic E-state index is 8.43. The summed E-state index contributed by atoms with van der Waals surface area (Å²) < 4.78 is 0. The van der Waals surface area contributed by atoms with Gasteiger partial charge in [-0.2, -0.15) is 0 Å². The minimum absolute atomic E-state index is 0.122. The van der Waals surface area contributed by atoms with E-state index in [0.717, 1.165) is 12.8 Å². The van der Waals surface area contributed by atoms with Crippen LogP contribution in [0, 0.1) is 0 Å². The number of azide groups is 1. The number of hydrogen-bond acceptors (Lipinski definition) is 1. The summed E-state index contributed by atoms with van der Waals surface area (Å²) in [6, 6.07) is 0.122. The fourth-order valence-electron chi connectivity index (χ4n) is 2.18. The van der Waals surface area contributed by atoms with Gasteiger partial charge in [-0.05, 0) is 18.4 Å². The largest absolute Gasteiger partial charge is 0.103 e. The fourth-order valence-corrected chi connectivity index (χ4v) is 2.18. The minimum atomic E-state index is 0.122. The second-order valence-electron chi connectivity index (χ2n) is 5.00. The van der Waals surface area contributed by atoms with Crippen LogP contribution >= 0.6 is 0 Å². The number of rotatable bonds is 13. The van der Waals surface area contributed by atoms with Gasteiger partial charge in [-0.1, -0.05) is 75.9 Å². The Morgan fingerprint density at radius 1 is 1.06 bits per heavy atom. The molecule has 3 nitrogen and oxygen atoms in total. The Morgan fingerprint density at radius 3 is 2.11 bits per heavy atom. The van der Waals surface area contributed by atoms with Crippen molar-refractivity contribution in [2.24, 2.45) is 5.11 Å². The Bertz CT molecular complexity index is 232. The molecule has 0 rings (SSSR count). The fraction of sp³-hybridized carbons (Fsp3) is 0.867. The molecule has 0 aliphatic heterocycles. The molecule has 0 saturated heterocycles. The Labute approximate surface area is 112 Å². The molecule has 0 aliphatic carbocycles. The van der Waals surface area contributed by atoms with Gasteiger partial charge in [0.2, 0.25) is 0 Å². The van der Waals surface area contributed by atoms with Crippen molar-refractivity contribution in [3.63, 3.8) is 0 Å². The molecule has 0 bridgehead atoms. The van der Waals surface area contributed by atoms with Crippen LogP contribution in [0.2, 0.25) is 0 Å². The van der Waals surface area contributed by atoms with Gasteiger partial charge in [0.05, 0.1) is 0 Å². The van der Waals surface area contributed by atoms with Gasteiger partial charge in [0.1, 0.15) is 0 Å². The Morgan fingerprint density at radius 2 is 1.61 bits per heavy atom. The molecular weight excluding hydrogens is 222 g/mol. The first-order chi connectivity index (χ1) is 8.85.